The van der Waals surface area contributed by atoms with Crippen molar-refractivity contribution in [1.29, 1.82) is 0 Å². The third-order valence-electron chi connectivity index (χ3n) is 2.65. The molecule has 0 amide bonds. The Kier molecular flexibility index (Phi) is 4.04. The number of rotatable bonds is 4. The van der Waals surface area contributed by atoms with E-state index in [1.807, 2.05) is 11.7 Å². The average Bonchev–Trinajstić information content (AvgIpc) is 2.69. The van der Waals surface area contributed by atoms with Crippen molar-refractivity contribution in [2.24, 2.45) is 7.05 Å². The van der Waals surface area contributed by atoms with Crippen molar-refractivity contribution in [3.8, 4) is 0 Å². The average molecular weight is 341 g/mol. The summed E-state index contributed by atoms with van der Waals surface area (Å²) in [4.78, 5) is 0. The van der Waals surface area contributed by atoms with Gasteiger partial charge in [0.1, 0.15) is 0 Å². The highest BCUT2D eigenvalue weighted by Gasteiger charge is 2.05. The van der Waals surface area contributed by atoms with Crippen molar-refractivity contribution in [2.45, 2.75) is 19.9 Å². The number of nitrogens with zero attached hydrogens (tertiary/aromatic N) is 2. The zero-order valence-corrected chi connectivity index (χ0v) is 12.2. The van der Waals surface area contributed by atoms with Crippen LogP contribution in [0.4, 0.5) is 5.69 Å². The molecule has 3 nitrogen and oxygen atoms in total. The normalized spacial score (nSPS) is 10.5. The van der Waals surface area contributed by atoms with Gasteiger partial charge in [0.05, 0.1) is 5.69 Å². The first-order valence-corrected chi connectivity index (χ1v) is 6.77. The fraction of sp³-hybridized carbons (Fsp3) is 0.308. The van der Waals surface area contributed by atoms with Crippen LogP contribution in [0.2, 0.25) is 0 Å². The smallest absolute Gasteiger partial charge is 0.0671 e. The second kappa shape index (κ2) is 5.53. The number of hydrogen-bond donors (Lipinski definition) is 1. The molecule has 0 saturated carbocycles. The molecule has 0 radical (unpaired) electrons. The van der Waals surface area contributed by atoms with Gasteiger partial charge in [0.25, 0.3) is 0 Å². The maximum absolute atomic E-state index is 4.43. The Morgan fingerprint density at radius 1 is 1.29 bits per heavy atom. The molecule has 0 bridgehead atoms. The Hall–Kier alpha value is -1.04. The van der Waals surface area contributed by atoms with Gasteiger partial charge in [0, 0.05) is 34.6 Å². The molecular formula is C13H16IN3. The van der Waals surface area contributed by atoms with E-state index in [0.717, 1.165) is 18.7 Å². The van der Waals surface area contributed by atoms with Gasteiger partial charge in [-0.1, -0.05) is 6.92 Å². The van der Waals surface area contributed by atoms with Gasteiger partial charge in [-0.2, -0.15) is 5.10 Å². The minimum absolute atomic E-state index is 0.831. The van der Waals surface area contributed by atoms with Gasteiger partial charge in [-0.05, 0) is 53.3 Å². The number of benzene rings is 1. The van der Waals surface area contributed by atoms with E-state index in [4.69, 9.17) is 0 Å². The predicted octanol–water partition coefficient (Wildman–Crippen LogP) is 3.20. The largest absolute Gasteiger partial charge is 0.381 e. The van der Waals surface area contributed by atoms with Crippen molar-refractivity contribution >= 4 is 28.3 Å². The standard InChI is InChI=1S/C13H16IN3/c1-3-13-10(9-17(2)16-13)8-15-12-6-4-11(14)5-7-12/h4-7,9,15H,3,8H2,1-2H3. The van der Waals surface area contributed by atoms with Crippen molar-refractivity contribution in [3.05, 3.63) is 45.3 Å². The molecule has 0 aliphatic carbocycles. The number of hydrogen-bond acceptors (Lipinski definition) is 2. The van der Waals surface area contributed by atoms with E-state index in [1.165, 1.54) is 14.8 Å². The molecule has 1 aromatic carbocycles. The van der Waals surface area contributed by atoms with Crippen molar-refractivity contribution < 1.29 is 0 Å². The molecule has 1 N–H and O–H groups in total. The summed E-state index contributed by atoms with van der Waals surface area (Å²) < 4.78 is 3.13. The summed E-state index contributed by atoms with van der Waals surface area (Å²) >= 11 is 2.31. The Morgan fingerprint density at radius 3 is 2.65 bits per heavy atom. The van der Waals surface area contributed by atoms with Crippen molar-refractivity contribution in [1.82, 2.24) is 9.78 Å². The van der Waals surface area contributed by atoms with Crippen molar-refractivity contribution in [3.63, 3.8) is 0 Å². The zero-order chi connectivity index (χ0) is 12.3. The van der Waals surface area contributed by atoms with Gasteiger partial charge < -0.3 is 5.32 Å². The molecule has 0 atom stereocenters. The first-order chi connectivity index (χ1) is 8.19. The lowest BCUT2D eigenvalue weighted by Crippen LogP contribution is -2.00. The molecule has 2 rings (SSSR count). The summed E-state index contributed by atoms with van der Waals surface area (Å²) in [7, 11) is 1.97. The van der Waals surface area contributed by atoms with Crippen LogP contribution in [0.3, 0.4) is 0 Å². The fourth-order valence-corrected chi connectivity index (χ4v) is 2.15. The predicted molar refractivity (Wildman–Crippen MR) is 79.1 cm³/mol. The van der Waals surface area contributed by atoms with Gasteiger partial charge in [0.15, 0.2) is 0 Å². The summed E-state index contributed by atoms with van der Waals surface area (Å²) in [5.41, 5.74) is 3.59. The van der Waals surface area contributed by atoms with Gasteiger partial charge in [-0.3, -0.25) is 4.68 Å². The van der Waals surface area contributed by atoms with Gasteiger partial charge in [-0.15, -0.1) is 0 Å². The van der Waals surface area contributed by atoms with Crippen LogP contribution in [0, 0.1) is 3.57 Å². The fourth-order valence-electron chi connectivity index (χ4n) is 1.79. The number of nitrogens with one attached hydrogen (secondary N) is 1. The van der Waals surface area contributed by atoms with Crippen LogP contribution in [-0.2, 0) is 20.0 Å². The van der Waals surface area contributed by atoms with Crippen LogP contribution in [0.5, 0.6) is 0 Å². The van der Waals surface area contributed by atoms with Crippen LogP contribution in [-0.4, -0.2) is 9.78 Å². The lowest BCUT2D eigenvalue weighted by Gasteiger charge is -2.05. The summed E-state index contributed by atoms with van der Waals surface area (Å²) in [5, 5.41) is 7.85. The zero-order valence-electron chi connectivity index (χ0n) is 10.1. The molecule has 0 aliphatic heterocycles. The molecule has 1 aromatic heterocycles. The van der Waals surface area contributed by atoms with E-state index >= 15 is 0 Å². The van der Waals surface area contributed by atoms with E-state index in [2.05, 4.69) is 70.4 Å². The second-order valence-corrected chi connectivity index (χ2v) is 5.23. The van der Waals surface area contributed by atoms with Crippen LogP contribution in [0.1, 0.15) is 18.2 Å². The van der Waals surface area contributed by atoms with Crippen LogP contribution in [0.25, 0.3) is 0 Å². The quantitative estimate of drug-likeness (QED) is 0.866. The monoisotopic (exact) mass is 341 g/mol. The highest BCUT2D eigenvalue weighted by atomic mass is 127. The molecule has 0 aliphatic rings. The van der Waals surface area contributed by atoms with Crippen molar-refractivity contribution in [2.75, 3.05) is 5.32 Å². The van der Waals surface area contributed by atoms with Crippen LogP contribution >= 0.6 is 22.6 Å². The lowest BCUT2D eigenvalue weighted by molar-refractivity contribution is 0.746. The highest BCUT2D eigenvalue weighted by molar-refractivity contribution is 14.1. The number of anilines is 1. The summed E-state index contributed by atoms with van der Waals surface area (Å²) in [6, 6.07) is 8.41. The van der Waals surface area contributed by atoms with E-state index in [1.54, 1.807) is 0 Å². The Bertz CT molecular complexity index is 488. The second-order valence-electron chi connectivity index (χ2n) is 3.99. The number of aromatic nitrogens is 2. The van der Waals surface area contributed by atoms with E-state index in [9.17, 15) is 0 Å². The third-order valence-corrected chi connectivity index (χ3v) is 3.37. The molecule has 0 unspecified atom stereocenters. The summed E-state index contributed by atoms with van der Waals surface area (Å²) in [6.07, 6.45) is 3.06. The first-order valence-electron chi connectivity index (χ1n) is 5.70. The molecule has 0 fully saturated rings. The minimum Gasteiger partial charge on any atom is -0.381 e. The van der Waals surface area contributed by atoms with E-state index < -0.39 is 0 Å². The molecule has 0 saturated heterocycles. The molecule has 2 aromatic rings. The lowest BCUT2D eigenvalue weighted by atomic mass is 10.2. The molecule has 4 heteroatoms. The maximum atomic E-state index is 4.43. The molecule has 90 valence electrons. The van der Waals surface area contributed by atoms with Gasteiger partial charge in [0.2, 0.25) is 0 Å². The van der Waals surface area contributed by atoms with Gasteiger partial charge >= 0.3 is 0 Å². The van der Waals surface area contributed by atoms with E-state index in [0.29, 0.717) is 0 Å². The molecule has 0 spiro atoms. The topological polar surface area (TPSA) is 29.9 Å². The maximum Gasteiger partial charge on any atom is 0.0671 e. The molecular weight excluding hydrogens is 325 g/mol. The molecule has 17 heavy (non-hydrogen) atoms. The third kappa shape index (κ3) is 3.21. The number of aryl methyl sites for hydroxylation is 2. The van der Waals surface area contributed by atoms with Gasteiger partial charge in [-0.25, -0.2) is 0 Å². The minimum atomic E-state index is 0.831. The van der Waals surface area contributed by atoms with E-state index in [-0.39, 0.29) is 0 Å². The van der Waals surface area contributed by atoms with Crippen LogP contribution < -0.4 is 5.32 Å². The number of halogens is 1. The Labute approximate surface area is 115 Å². The SMILES string of the molecule is CCc1nn(C)cc1CNc1ccc(I)cc1. The molecule has 1 heterocycles. The summed E-state index contributed by atoms with van der Waals surface area (Å²) in [5.74, 6) is 0. The highest BCUT2D eigenvalue weighted by Crippen LogP contribution is 2.14. The Balaban J connectivity index is 2.04. The Morgan fingerprint density at radius 2 is 2.00 bits per heavy atom. The van der Waals surface area contributed by atoms with Crippen LogP contribution in [0.15, 0.2) is 30.5 Å². The summed E-state index contributed by atoms with van der Waals surface area (Å²) in [6.45, 7) is 2.97. The first kappa shape index (κ1) is 12.4.